The molecule has 1 amide bonds. The maximum Gasteiger partial charge on any atom is 0.417 e. The molecule has 7 nitrogen and oxygen atoms in total. The first kappa shape index (κ1) is 26.2. The van der Waals surface area contributed by atoms with Gasteiger partial charge in [0, 0.05) is 19.2 Å². The van der Waals surface area contributed by atoms with Gasteiger partial charge in [0.1, 0.15) is 11.6 Å². The number of carbonyl (C=O) groups excluding carboxylic acids is 1. The van der Waals surface area contributed by atoms with Gasteiger partial charge in [0.15, 0.2) is 5.58 Å². The van der Waals surface area contributed by atoms with Crippen molar-refractivity contribution in [3.05, 3.63) is 105 Å². The van der Waals surface area contributed by atoms with Gasteiger partial charge in [0.25, 0.3) is 0 Å². The van der Waals surface area contributed by atoms with Gasteiger partial charge < -0.3 is 20.2 Å². The van der Waals surface area contributed by atoms with Crippen LogP contribution in [-0.2, 0) is 30.6 Å². The van der Waals surface area contributed by atoms with Crippen molar-refractivity contribution in [2.45, 2.75) is 44.9 Å². The van der Waals surface area contributed by atoms with E-state index in [0.29, 0.717) is 28.8 Å². The molecule has 0 radical (unpaired) electrons. The molecule has 3 aromatic carbocycles. The summed E-state index contributed by atoms with van der Waals surface area (Å²) >= 11 is 0. The molecule has 0 saturated carbocycles. The average molecular weight is 510 g/mol. The van der Waals surface area contributed by atoms with Gasteiger partial charge in [-0.2, -0.15) is 0 Å². The minimum absolute atomic E-state index is 0.0267. The summed E-state index contributed by atoms with van der Waals surface area (Å²) in [5.74, 6) is -2.44. The Labute approximate surface area is 212 Å². The van der Waals surface area contributed by atoms with Gasteiger partial charge >= 0.3 is 5.76 Å². The molecule has 0 unspecified atom stereocenters. The summed E-state index contributed by atoms with van der Waals surface area (Å²) in [6, 6.07) is 15.3. The lowest BCUT2D eigenvalue weighted by atomic mass is 10.00. The highest BCUT2D eigenvalue weighted by atomic mass is 19.1. The Morgan fingerprint density at radius 3 is 2.51 bits per heavy atom. The predicted octanol–water partition coefficient (Wildman–Crippen LogP) is 3.38. The van der Waals surface area contributed by atoms with Gasteiger partial charge in [-0.15, -0.1) is 0 Å². The number of nitrogens with one attached hydrogen (secondary N) is 3. The van der Waals surface area contributed by atoms with Crippen LogP contribution in [0.15, 0.2) is 69.9 Å². The number of hydrogen-bond donors (Lipinski definition) is 4. The normalized spacial score (nSPS) is 13.0. The summed E-state index contributed by atoms with van der Waals surface area (Å²) in [7, 11) is 0. The number of aromatic nitrogens is 1. The van der Waals surface area contributed by atoms with E-state index < -0.39 is 29.5 Å². The first-order valence-electron chi connectivity index (χ1n) is 12.1. The van der Waals surface area contributed by atoms with Crippen LogP contribution < -0.4 is 16.4 Å². The lowest BCUT2D eigenvalue weighted by Gasteiger charge is -2.25. The average Bonchev–Trinajstić information content (AvgIpc) is 3.22. The van der Waals surface area contributed by atoms with Crippen molar-refractivity contribution in [1.82, 2.24) is 15.6 Å². The van der Waals surface area contributed by atoms with Crippen molar-refractivity contribution in [2.24, 2.45) is 0 Å². The molecule has 0 aliphatic carbocycles. The number of fused-ring (bicyclic) bond motifs is 1. The van der Waals surface area contributed by atoms with Gasteiger partial charge in [0.2, 0.25) is 5.91 Å². The standard InChI is InChI=1S/C28H29F2N3O4/c1-2-17-4-3-5-19(8-17)15-31-16-25(34)23(12-20-9-21(29)14-22(30)10-20)32-27(35)13-18-6-7-26-24(11-18)33-28(36)37-26/h3-11,14,23,25,31,34H,2,12-13,15-16H2,1H3,(H,32,35)(H,33,36)/t23-,25-/m0/s1. The molecule has 1 heterocycles. The number of oxazole rings is 1. The Bertz CT molecular complexity index is 1410. The highest BCUT2D eigenvalue weighted by Gasteiger charge is 2.23. The summed E-state index contributed by atoms with van der Waals surface area (Å²) in [6.45, 7) is 2.75. The van der Waals surface area contributed by atoms with Gasteiger partial charge in [0.05, 0.1) is 24.1 Å². The zero-order valence-electron chi connectivity index (χ0n) is 20.4. The van der Waals surface area contributed by atoms with Gasteiger partial charge in [-0.25, -0.2) is 13.6 Å². The fraction of sp³-hybridized carbons (Fsp3) is 0.286. The molecule has 9 heteroatoms. The number of aromatic amines is 1. The molecule has 0 bridgehead atoms. The van der Waals surface area contributed by atoms with Crippen molar-refractivity contribution in [3.63, 3.8) is 0 Å². The van der Waals surface area contributed by atoms with Crippen LogP contribution in [-0.4, -0.2) is 34.7 Å². The molecule has 1 aromatic heterocycles. The third-order valence-electron chi connectivity index (χ3n) is 6.12. The second-order valence-electron chi connectivity index (χ2n) is 9.05. The summed E-state index contributed by atoms with van der Waals surface area (Å²) in [5, 5.41) is 16.9. The van der Waals surface area contributed by atoms with Crippen molar-refractivity contribution >= 4 is 17.0 Å². The molecule has 0 aliphatic heterocycles. The fourth-order valence-electron chi connectivity index (χ4n) is 4.28. The summed E-state index contributed by atoms with van der Waals surface area (Å²) in [5.41, 5.74) is 4.06. The van der Waals surface area contributed by atoms with Gasteiger partial charge in [-0.1, -0.05) is 37.3 Å². The van der Waals surface area contributed by atoms with Crippen LogP contribution in [0.3, 0.4) is 0 Å². The van der Waals surface area contributed by atoms with Crippen LogP contribution in [0.1, 0.15) is 29.2 Å². The highest BCUT2D eigenvalue weighted by molar-refractivity contribution is 5.81. The number of H-pyrrole nitrogens is 1. The Morgan fingerprint density at radius 2 is 1.76 bits per heavy atom. The molecule has 4 rings (SSSR count). The van der Waals surface area contributed by atoms with Crippen molar-refractivity contribution in [3.8, 4) is 0 Å². The number of carbonyl (C=O) groups is 1. The molecule has 37 heavy (non-hydrogen) atoms. The fourth-order valence-corrected chi connectivity index (χ4v) is 4.28. The number of rotatable bonds is 11. The van der Waals surface area contributed by atoms with Gasteiger partial charge in [-0.3, -0.25) is 9.78 Å². The first-order chi connectivity index (χ1) is 17.8. The smallest absolute Gasteiger partial charge is 0.408 e. The van der Waals surface area contributed by atoms with E-state index >= 15 is 0 Å². The molecule has 0 aliphatic rings. The Kier molecular flexibility index (Phi) is 8.47. The van der Waals surface area contributed by atoms with E-state index in [-0.39, 0.29) is 25.3 Å². The lowest BCUT2D eigenvalue weighted by Crippen LogP contribution is -2.49. The molecule has 194 valence electrons. The van der Waals surface area contributed by atoms with Crippen LogP contribution in [0.4, 0.5) is 8.78 Å². The first-order valence-corrected chi connectivity index (χ1v) is 12.1. The monoisotopic (exact) mass is 509 g/mol. The van der Waals surface area contributed by atoms with Gasteiger partial charge in [-0.05, 0) is 59.4 Å². The predicted molar refractivity (Wildman–Crippen MR) is 136 cm³/mol. The number of aliphatic hydroxyl groups is 1. The molecular formula is C28H29F2N3O4. The topological polar surface area (TPSA) is 107 Å². The molecule has 0 fully saturated rings. The third-order valence-corrected chi connectivity index (χ3v) is 6.12. The van der Waals surface area contributed by atoms with E-state index in [0.717, 1.165) is 18.1 Å². The van der Waals surface area contributed by atoms with E-state index in [4.69, 9.17) is 4.42 Å². The van der Waals surface area contributed by atoms with Crippen molar-refractivity contribution < 1.29 is 23.1 Å². The number of halogens is 2. The highest BCUT2D eigenvalue weighted by Crippen LogP contribution is 2.15. The minimum Gasteiger partial charge on any atom is -0.408 e. The van der Waals surface area contributed by atoms with Crippen LogP contribution in [0.5, 0.6) is 0 Å². The number of aliphatic hydroxyl groups excluding tert-OH is 1. The van der Waals surface area contributed by atoms with Crippen LogP contribution in [0.2, 0.25) is 0 Å². The van der Waals surface area contributed by atoms with Crippen molar-refractivity contribution in [1.29, 1.82) is 0 Å². The van der Waals surface area contributed by atoms with Crippen LogP contribution >= 0.6 is 0 Å². The lowest BCUT2D eigenvalue weighted by molar-refractivity contribution is -0.122. The number of amides is 1. The second-order valence-corrected chi connectivity index (χ2v) is 9.05. The van der Waals surface area contributed by atoms with Crippen LogP contribution in [0, 0.1) is 11.6 Å². The molecular weight excluding hydrogens is 480 g/mol. The SMILES string of the molecule is CCc1cccc(CNC[C@H](O)[C@H](Cc2cc(F)cc(F)c2)NC(=O)Cc2ccc3oc(=O)[nH]c3c2)c1. The number of hydrogen-bond acceptors (Lipinski definition) is 5. The van der Waals surface area contributed by atoms with Crippen molar-refractivity contribution in [2.75, 3.05) is 6.54 Å². The zero-order chi connectivity index (χ0) is 26.4. The van der Waals surface area contributed by atoms with Crippen LogP contribution in [0.25, 0.3) is 11.1 Å². The van der Waals surface area contributed by atoms with E-state index in [2.05, 4.69) is 28.6 Å². The molecule has 0 saturated heterocycles. The maximum atomic E-state index is 13.8. The maximum absolute atomic E-state index is 13.8. The van der Waals surface area contributed by atoms with E-state index in [1.807, 2.05) is 18.2 Å². The summed E-state index contributed by atoms with van der Waals surface area (Å²) in [4.78, 5) is 26.8. The molecule has 4 N–H and O–H groups in total. The summed E-state index contributed by atoms with van der Waals surface area (Å²) in [6.07, 6.45) is -0.111. The second kappa shape index (κ2) is 11.9. The van der Waals surface area contributed by atoms with E-state index in [9.17, 15) is 23.5 Å². The zero-order valence-corrected chi connectivity index (χ0v) is 20.4. The Balaban J connectivity index is 1.44. The molecule has 4 aromatic rings. The molecule has 2 atom stereocenters. The van der Waals surface area contributed by atoms with E-state index in [1.54, 1.807) is 18.2 Å². The largest absolute Gasteiger partial charge is 0.417 e. The number of benzene rings is 3. The quantitative estimate of drug-likeness (QED) is 0.248. The minimum atomic E-state index is -1.03. The number of aryl methyl sites for hydroxylation is 1. The molecule has 0 spiro atoms. The third kappa shape index (κ3) is 7.34. The Hall–Kier alpha value is -3.82. The van der Waals surface area contributed by atoms with E-state index in [1.165, 1.54) is 17.7 Å². The summed E-state index contributed by atoms with van der Waals surface area (Å²) < 4.78 is 32.5. The Morgan fingerprint density at radius 1 is 1.00 bits per heavy atom.